The first-order valence-electron chi connectivity index (χ1n) is 6.23. The molecule has 0 saturated heterocycles. The molecule has 0 atom stereocenters. The van der Waals surface area contributed by atoms with Gasteiger partial charge in [0, 0.05) is 0 Å². The predicted octanol–water partition coefficient (Wildman–Crippen LogP) is 4.36. The minimum absolute atomic E-state index is 0.0646. The van der Waals surface area contributed by atoms with Gasteiger partial charge in [-0.25, -0.2) is 4.79 Å². The number of thiophene rings is 1. The van der Waals surface area contributed by atoms with E-state index >= 15 is 0 Å². The van der Waals surface area contributed by atoms with Crippen LogP contribution < -0.4 is 10.6 Å². The summed E-state index contributed by atoms with van der Waals surface area (Å²) in [7, 11) is 1.24. The standard InChI is InChI=1S/C14H11F3N2O2S2/c1-21-12(20)11-10(6-7-23-11)19-13(22)18-9-5-3-2-4-8(9)14(15,16)17/h2-7H,1H3,(H2,18,19,22). The van der Waals surface area contributed by atoms with E-state index in [0.29, 0.717) is 5.69 Å². The van der Waals surface area contributed by atoms with E-state index in [1.807, 2.05) is 0 Å². The number of anilines is 2. The molecular weight excluding hydrogens is 349 g/mol. The number of esters is 1. The highest BCUT2D eigenvalue weighted by Crippen LogP contribution is 2.34. The lowest BCUT2D eigenvalue weighted by Gasteiger charge is -2.15. The third-order valence-corrected chi connectivity index (χ3v) is 3.86. The van der Waals surface area contributed by atoms with Gasteiger partial charge in [0.2, 0.25) is 0 Å². The predicted molar refractivity (Wildman–Crippen MR) is 86.9 cm³/mol. The quantitative estimate of drug-likeness (QED) is 0.629. The summed E-state index contributed by atoms with van der Waals surface area (Å²) >= 11 is 6.15. The van der Waals surface area contributed by atoms with E-state index in [2.05, 4.69) is 15.4 Å². The molecule has 122 valence electrons. The van der Waals surface area contributed by atoms with Crippen LogP contribution in [-0.2, 0) is 10.9 Å². The van der Waals surface area contributed by atoms with E-state index in [4.69, 9.17) is 12.2 Å². The van der Waals surface area contributed by atoms with E-state index in [-0.39, 0.29) is 15.7 Å². The molecule has 0 aliphatic carbocycles. The Morgan fingerprint density at radius 2 is 1.83 bits per heavy atom. The second-order valence-corrected chi connectivity index (χ2v) is 5.60. The van der Waals surface area contributed by atoms with Crippen LogP contribution in [0.15, 0.2) is 35.7 Å². The molecule has 9 heteroatoms. The summed E-state index contributed by atoms with van der Waals surface area (Å²) in [6.07, 6.45) is -4.50. The number of alkyl halides is 3. The zero-order valence-electron chi connectivity index (χ0n) is 11.7. The number of thiocarbonyl (C=S) groups is 1. The fourth-order valence-corrected chi connectivity index (χ4v) is 2.76. The summed E-state index contributed by atoms with van der Waals surface area (Å²) in [5, 5.41) is 6.76. The number of halogens is 3. The molecule has 2 aromatic rings. The average Bonchev–Trinajstić information content (AvgIpc) is 2.93. The molecule has 0 radical (unpaired) electrons. The summed E-state index contributed by atoms with van der Waals surface area (Å²) in [5.74, 6) is -0.555. The molecule has 4 nitrogen and oxygen atoms in total. The molecule has 0 fully saturated rings. The number of hydrogen-bond acceptors (Lipinski definition) is 4. The van der Waals surface area contributed by atoms with Crippen LogP contribution in [-0.4, -0.2) is 18.2 Å². The second-order valence-electron chi connectivity index (χ2n) is 4.28. The van der Waals surface area contributed by atoms with Crippen molar-refractivity contribution in [2.24, 2.45) is 0 Å². The van der Waals surface area contributed by atoms with Crippen molar-refractivity contribution in [3.05, 3.63) is 46.2 Å². The van der Waals surface area contributed by atoms with Gasteiger partial charge >= 0.3 is 12.1 Å². The molecule has 1 aromatic carbocycles. The Morgan fingerprint density at radius 1 is 1.17 bits per heavy atom. The van der Waals surface area contributed by atoms with E-state index in [1.54, 1.807) is 11.4 Å². The van der Waals surface area contributed by atoms with Crippen LogP contribution in [0.1, 0.15) is 15.2 Å². The summed E-state index contributed by atoms with van der Waals surface area (Å²) in [4.78, 5) is 11.8. The van der Waals surface area contributed by atoms with Gasteiger partial charge in [0.15, 0.2) is 5.11 Å². The van der Waals surface area contributed by atoms with Crippen molar-refractivity contribution in [3.8, 4) is 0 Å². The third-order valence-electron chi connectivity index (χ3n) is 2.76. The maximum absolute atomic E-state index is 12.9. The zero-order valence-corrected chi connectivity index (χ0v) is 13.4. The zero-order chi connectivity index (χ0) is 17.0. The number of benzene rings is 1. The van der Waals surface area contributed by atoms with Crippen molar-refractivity contribution < 1.29 is 22.7 Å². The highest BCUT2D eigenvalue weighted by Gasteiger charge is 2.33. The number of hydrogen-bond donors (Lipinski definition) is 2. The largest absolute Gasteiger partial charge is 0.465 e. The number of carbonyl (C=O) groups excluding carboxylic acids is 1. The lowest BCUT2D eigenvalue weighted by Crippen LogP contribution is -2.22. The van der Waals surface area contributed by atoms with Crippen LogP contribution in [0.3, 0.4) is 0 Å². The molecule has 0 spiro atoms. The van der Waals surface area contributed by atoms with Gasteiger partial charge in [-0.3, -0.25) is 0 Å². The molecule has 1 aromatic heterocycles. The van der Waals surface area contributed by atoms with Crippen LogP contribution in [0.2, 0.25) is 0 Å². The lowest BCUT2D eigenvalue weighted by molar-refractivity contribution is -0.136. The Kier molecular flexibility index (Phi) is 5.22. The summed E-state index contributed by atoms with van der Waals surface area (Å²) in [5.41, 5.74) is -0.640. The molecule has 0 aliphatic heterocycles. The fourth-order valence-electron chi connectivity index (χ4n) is 1.77. The smallest absolute Gasteiger partial charge is 0.418 e. The van der Waals surface area contributed by atoms with Crippen LogP contribution >= 0.6 is 23.6 Å². The molecule has 23 heavy (non-hydrogen) atoms. The van der Waals surface area contributed by atoms with Gasteiger partial charge in [-0.05, 0) is 35.8 Å². The Hall–Kier alpha value is -2.13. The summed E-state index contributed by atoms with van der Waals surface area (Å²) < 4.78 is 43.4. The average molecular weight is 360 g/mol. The van der Waals surface area contributed by atoms with Crippen molar-refractivity contribution >= 4 is 46.0 Å². The Labute approximate surface area is 139 Å². The minimum atomic E-state index is -4.50. The fraction of sp³-hybridized carbons (Fsp3) is 0.143. The molecule has 2 N–H and O–H groups in total. The first kappa shape index (κ1) is 17.2. The Bertz CT molecular complexity index is 729. The molecule has 0 bridgehead atoms. The Morgan fingerprint density at radius 3 is 2.48 bits per heavy atom. The van der Waals surface area contributed by atoms with Gasteiger partial charge in [-0.2, -0.15) is 13.2 Å². The number of nitrogens with one attached hydrogen (secondary N) is 2. The maximum Gasteiger partial charge on any atom is 0.418 e. The monoisotopic (exact) mass is 360 g/mol. The molecule has 0 unspecified atom stereocenters. The summed E-state index contributed by atoms with van der Waals surface area (Å²) in [6.45, 7) is 0. The first-order valence-corrected chi connectivity index (χ1v) is 7.51. The van der Waals surface area contributed by atoms with Gasteiger partial charge in [0.05, 0.1) is 24.0 Å². The number of methoxy groups -OCH3 is 1. The second kappa shape index (κ2) is 6.97. The molecule has 0 saturated carbocycles. The molecule has 2 rings (SSSR count). The van der Waals surface area contributed by atoms with Gasteiger partial charge in [0.1, 0.15) is 4.88 Å². The minimum Gasteiger partial charge on any atom is -0.465 e. The lowest BCUT2D eigenvalue weighted by atomic mass is 10.1. The molecule has 0 amide bonds. The van der Waals surface area contributed by atoms with Crippen molar-refractivity contribution in [1.82, 2.24) is 0 Å². The normalized spacial score (nSPS) is 11.0. The van der Waals surface area contributed by atoms with Crippen molar-refractivity contribution in [3.63, 3.8) is 0 Å². The summed E-state index contributed by atoms with van der Waals surface area (Å²) in [6, 6.07) is 6.56. The molecule has 1 heterocycles. The van der Waals surface area contributed by atoms with Crippen LogP contribution in [0.4, 0.5) is 24.5 Å². The van der Waals surface area contributed by atoms with Gasteiger partial charge < -0.3 is 15.4 Å². The number of rotatable bonds is 3. The molecule has 0 aliphatic rings. The Balaban J connectivity index is 2.16. The highest BCUT2D eigenvalue weighted by molar-refractivity contribution is 7.80. The number of carbonyl (C=O) groups is 1. The van der Waals surface area contributed by atoms with Gasteiger partial charge in [-0.15, -0.1) is 11.3 Å². The molecular formula is C14H11F3N2O2S2. The van der Waals surface area contributed by atoms with Crippen LogP contribution in [0, 0.1) is 0 Å². The van der Waals surface area contributed by atoms with E-state index < -0.39 is 17.7 Å². The van der Waals surface area contributed by atoms with Crippen LogP contribution in [0.5, 0.6) is 0 Å². The van der Waals surface area contributed by atoms with Crippen molar-refractivity contribution in [2.45, 2.75) is 6.18 Å². The van der Waals surface area contributed by atoms with Crippen molar-refractivity contribution in [1.29, 1.82) is 0 Å². The maximum atomic E-state index is 12.9. The first-order chi connectivity index (χ1) is 10.8. The van der Waals surface area contributed by atoms with E-state index in [1.165, 1.54) is 25.3 Å². The van der Waals surface area contributed by atoms with E-state index in [9.17, 15) is 18.0 Å². The van der Waals surface area contributed by atoms with Crippen LogP contribution in [0.25, 0.3) is 0 Å². The number of ether oxygens (including phenoxy) is 1. The van der Waals surface area contributed by atoms with Gasteiger partial charge in [0.25, 0.3) is 0 Å². The number of para-hydroxylation sites is 1. The van der Waals surface area contributed by atoms with Gasteiger partial charge in [-0.1, -0.05) is 12.1 Å². The topological polar surface area (TPSA) is 50.4 Å². The van der Waals surface area contributed by atoms with E-state index in [0.717, 1.165) is 17.4 Å². The SMILES string of the molecule is COC(=O)c1sccc1NC(=S)Nc1ccccc1C(F)(F)F. The third kappa shape index (κ3) is 4.20. The highest BCUT2D eigenvalue weighted by atomic mass is 32.1. The van der Waals surface area contributed by atoms with Crippen molar-refractivity contribution in [2.75, 3.05) is 17.7 Å².